The van der Waals surface area contributed by atoms with Gasteiger partial charge in [-0.05, 0) is 19.8 Å². The van der Waals surface area contributed by atoms with Crippen molar-refractivity contribution in [2.75, 3.05) is 11.9 Å². The van der Waals surface area contributed by atoms with Crippen LogP contribution in [-0.4, -0.2) is 29.1 Å². The Labute approximate surface area is 118 Å². The average Bonchev–Trinajstić information content (AvgIpc) is 2.48. The maximum atomic E-state index is 11.4. The van der Waals surface area contributed by atoms with Crippen molar-refractivity contribution in [3.63, 3.8) is 0 Å². The highest BCUT2D eigenvalue weighted by atomic mass is 16.1. The molecular weight excluding hydrogens is 250 g/mol. The lowest BCUT2D eigenvalue weighted by molar-refractivity contribution is -0.120. The number of aryl methyl sites for hydroxylation is 1. The van der Waals surface area contributed by atoms with Gasteiger partial charge in [-0.2, -0.15) is 5.10 Å². The number of hydrogen-bond acceptors (Lipinski definition) is 4. The number of fused-ring (bicyclic) bond motifs is 1. The Morgan fingerprint density at radius 1 is 1.10 bits per heavy atom. The second-order valence-corrected chi connectivity index (χ2v) is 5.54. The van der Waals surface area contributed by atoms with Crippen molar-refractivity contribution in [1.29, 1.82) is 0 Å². The van der Waals surface area contributed by atoms with Crippen LogP contribution < -0.4 is 4.90 Å². The molecule has 4 nitrogen and oxygen atoms in total. The molecular formula is C16H19N3O. The van der Waals surface area contributed by atoms with Crippen molar-refractivity contribution in [2.45, 2.75) is 38.6 Å². The summed E-state index contributed by atoms with van der Waals surface area (Å²) in [6.07, 6.45) is 3.21. The number of hydrogen-bond donors (Lipinski definition) is 0. The molecule has 0 saturated heterocycles. The topological polar surface area (TPSA) is 46.1 Å². The molecule has 0 spiro atoms. The molecule has 0 N–H and O–H groups in total. The molecule has 0 amide bonds. The molecule has 20 heavy (non-hydrogen) atoms. The molecule has 0 bridgehead atoms. The molecule has 3 rings (SSSR count). The number of rotatable bonds is 2. The number of carbonyl (C=O) groups excluding carboxylic acids is 1. The highest BCUT2D eigenvalue weighted by molar-refractivity contribution is 5.93. The summed E-state index contributed by atoms with van der Waals surface area (Å²) >= 11 is 0. The SMILES string of the molecule is Cc1nnc(N(C)C2CCC(=O)CC2)c2ccccc12. The van der Waals surface area contributed by atoms with Gasteiger partial charge in [-0.15, -0.1) is 5.10 Å². The third-order valence-corrected chi connectivity index (χ3v) is 4.25. The van der Waals surface area contributed by atoms with Gasteiger partial charge in [0.25, 0.3) is 0 Å². The fourth-order valence-electron chi connectivity index (χ4n) is 2.97. The first-order valence-electron chi connectivity index (χ1n) is 7.13. The minimum atomic E-state index is 0.383. The summed E-state index contributed by atoms with van der Waals surface area (Å²) in [4.78, 5) is 13.6. The smallest absolute Gasteiger partial charge is 0.159 e. The monoisotopic (exact) mass is 269 g/mol. The van der Waals surface area contributed by atoms with E-state index in [1.165, 1.54) is 0 Å². The van der Waals surface area contributed by atoms with Crippen molar-refractivity contribution >= 4 is 22.4 Å². The number of aromatic nitrogens is 2. The maximum absolute atomic E-state index is 11.4. The maximum Gasteiger partial charge on any atom is 0.159 e. The van der Waals surface area contributed by atoms with Gasteiger partial charge in [-0.1, -0.05) is 24.3 Å². The Morgan fingerprint density at radius 3 is 2.45 bits per heavy atom. The van der Waals surface area contributed by atoms with Crippen LogP contribution >= 0.6 is 0 Å². The number of Topliss-reactive ketones (excluding diaryl/α,β-unsaturated/α-hetero) is 1. The minimum Gasteiger partial charge on any atom is -0.355 e. The first-order valence-corrected chi connectivity index (χ1v) is 7.13. The lowest BCUT2D eigenvalue weighted by Crippen LogP contribution is -2.36. The summed E-state index contributed by atoms with van der Waals surface area (Å²) < 4.78 is 0. The van der Waals surface area contributed by atoms with E-state index in [0.717, 1.165) is 35.1 Å². The lowest BCUT2D eigenvalue weighted by atomic mass is 9.93. The normalized spacial score (nSPS) is 16.6. The van der Waals surface area contributed by atoms with Crippen molar-refractivity contribution in [3.8, 4) is 0 Å². The molecule has 0 atom stereocenters. The Kier molecular flexibility index (Phi) is 3.38. The lowest BCUT2D eigenvalue weighted by Gasteiger charge is -2.32. The second kappa shape index (κ2) is 5.19. The number of nitrogens with zero attached hydrogens (tertiary/aromatic N) is 3. The van der Waals surface area contributed by atoms with E-state index < -0.39 is 0 Å². The largest absolute Gasteiger partial charge is 0.355 e. The first-order chi connectivity index (χ1) is 9.66. The third-order valence-electron chi connectivity index (χ3n) is 4.25. The van der Waals surface area contributed by atoms with Gasteiger partial charge in [0.05, 0.1) is 5.69 Å². The van der Waals surface area contributed by atoms with Gasteiger partial charge >= 0.3 is 0 Å². The number of carbonyl (C=O) groups is 1. The van der Waals surface area contributed by atoms with Crippen LogP contribution in [0.4, 0.5) is 5.82 Å². The van der Waals surface area contributed by atoms with Gasteiger partial charge in [0.2, 0.25) is 0 Å². The molecule has 1 aromatic heterocycles. The summed E-state index contributed by atoms with van der Waals surface area (Å²) in [5, 5.41) is 11.0. The predicted molar refractivity (Wildman–Crippen MR) is 79.9 cm³/mol. The highest BCUT2D eigenvalue weighted by Gasteiger charge is 2.24. The van der Waals surface area contributed by atoms with Crippen molar-refractivity contribution in [2.24, 2.45) is 0 Å². The molecule has 104 valence electrons. The van der Waals surface area contributed by atoms with E-state index in [2.05, 4.69) is 34.3 Å². The molecule has 1 aliphatic carbocycles. The fraction of sp³-hybridized carbons (Fsp3) is 0.438. The Bertz CT molecular complexity index is 643. The van der Waals surface area contributed by atoms with E-state index in [4.69, 9.17) is 0 Å². The molecule has 1 fully saturated rings. The molecule has 2 aromatic rings. The highest BCUT2D eigenvalue weighted by Crippen LogP contribution is 2.29. The second-order valence-electron chi connectivity index (χ2n) is 5.54. The van der Waals surface area contributed by atoms with Gasteiger partial charge < -0.3 is 4.90 Å². The van der Waals surface area contributed by atoms with Gasteiger partial charge in [-0.25, -0.2) is 0 Å². The molecule has 0 unspecified atom stereocenters. The zero-order chi connectivity index (χ0) is 14.1. The standard InChI is InChI=1S/C16H19N3O/c1-11-14-5-3-4-6-15(14)16(18-17-11)19(2)12-7-9-13(20)10-8-12/h3-6,12H,7-10H2,1-2H3. The van der Waals surface area contributed by atoms with E-state index in [9.17, 15) is 4.79 Å². The van der Waals surface area contributed by atoms with Crippen LogP contribution in [0.5, 0.6) is 0 Å². The molecule has 1 saturated carbocycles. The number of anilines is 1. The first kappa shape index (κ1) is 13.0. The van der Waals surface area contributed by atoms with Crippen LogP contribution in [0.1, 0.15) is 31.4 Å². The van der Waals surface area contributed by atoms with E-state index in [1.54, 1.807) is 0 Å². The average molecular weight is 269 g/mol. The number of benzene rings is 1. The minimum absolute atomic E-state index is 0.383. The molecule has 1 aliphatic rings. The third kappa shape index (κ3) is 2.26. The van der Waals surface area contributed by atoms with Crippen LogP contribution in [0.15, 0.2) is 24.3 Å². The zero-order valence-corrected chi connectivity index (χ0v) is 12.0. The van der Waals surface area contributed by atoms with Crippen molar-refractivity contribution in [1.82, 2.24) is 10.2 Å². The summed E-state index contributed by atoms with van der Waals surface area (Å²) in [5.74, 6) is 1.31. The molecule has 0 radical (unpaired) electrons. The van der Waals surface area contributed by atoms with Crippen LogP contribution in [-0.2, 0) is 4.79 Å². The Balaban J connectivity index is 1.97. The van der Waals surface area contributed by atoms with E-state index in [1.807, 2.05) is 19.1 Å². The molecule has 1 heterocycles. The van der Waals surface area contributed by atoms with Crippen LogP contribution in [0.25, 0.3) is 10.8 Å². The van der Waals surface area contributed by atoms with E-state index in [0.29, 0.717) is 24.7 Å². The summed E-state index contributed by atoms with van der Waals surface area (Å²) in [5.41, 5.74) is 0.955. The van der Waals surface area contributed by atoms with Gasteiger partial charge in [0, 0.05) is 36.7 Å². The van der Waals surface area contributed by atoms with Crippen LogP contribution in [0.2, 0.25) is 0 Å². The Hall–Kier alpha value is -1.97. The zero-order valence-electron chi connectivity index (χ0n) is 12.0. The molecule has 1 aromatic carbocycles. The Morgan fingerprint density at radius 2 is 1.75 bits per heavy atom. The summed E-state index contributed by atoms with van der Waals surface area (Å²) in [6.45, 7) is 1.98. The van der Waals surface area contributed by atoms with Gasteiger partial charge in [0.15, 0.2) is 5.82 Å². The van der Waals surface area contributed by atoms with Gasteiger partial charge in [0.1, 0.15) is 5.78 Å². The number of ketones is 1. The van der Waals surface area contributed by atoms with Crippen LogP contribution in [0.3, 0.4) is 0 Å². The van der Waals surface area contributed by atoms with E-state index >= 15 is 0 Å². The molecule has 0 aliphatic heterocycles. The van der Waals surface area contributed by atoms with E-state index in [-0.39, 0.29) is 0 Å². The van der Waals surface area contributed by atoms with Crippen molar-refractivity contribution < 1.29 is 4.79 Å². The predicted octanol–water partition coefficient (Wildman–Crippen LogP) is 2.89. The fourth-order valence-corrected chi connectivity index (χ4v) is 2.97. The summed E-state index contributed by atoms with van der Waals surface area (Å²) in [6, 6.07) is 8.62. The van der Waals surface area contributed by atoms with Gasteiger partial charge in [-0.3, -0.25) is 4.79 Å². The van der Waals surface area contributed by atoms with Crippen molar-refractivity contribution in [3.05, 3.63) is 30.0 Å². The quantitative estimate of drug-likeness (QED) is 0.841. The summed E-state index contributed by atoms with van der Waals surface area (Å²) in [7, 11) is 2.06. The molecule has 4 heteroatoms. The van der Waals surface area contributed by atoms with Crippen LogP contribution in [0, 0.1) is 6.92 Å².